The second-order valence-corrected chi connectivity index (χ2v) is 7.53. The van der Waals surface area contributed by atoms with Crippen molar-refractivity contribution in [2.24, 2.45) is 17.3 Å². The third kappa shape index (κ3) is 4.62. The smallest absolute Gasteiger partial charge is 0.310 e. The van der Waals surface area contributed by atoms with Gasteiger partial charge in [0, 0.05) is 0 Å². The molecular formula is C21H30O3. The zero-order valence-electron chi connectivity index (χ0n) is 15.6. The van der Waals surface area contributed by atoms with Gasteiger partial charge in [0.1, 0.15) is 12.4 Å². The van der Waals surface area contributed by atoms with Crippen molar-refractivity contribution in [2.45, 2.75) is 54.1 Å². The van der Waals surface area contributed by atoms with Crippen molar-refractivity contribution in [1.29, 1.82) is 0 Å². The molecule has 0 spiro atoms. The molecule has 0 N–H and O–H groups in total. The third-order valence-corrected chi connectivity index (χ3v) is 4.72. The highest BCUT2D eigenvalue weighted by Crippen LogP contribution is 2.59. The lowest BCUT2D eigenvalue weighted by molar-refractivity contribution is -0.147. The molecule has 1 aromatic rings. The van der Waals surface area contributed by atoms with E-state index in [1.54, 1.807) is 0 Å². The monoisotopic (exact) mass is 330 g/mol. The second-order valence-electron chi connectivity index (χ2n) is 7.53. The van der Waals surface area contributed by atoms with Gasteiger partial charge >= 0.3 is 5.97 Å². The van der Waals surface area contributed by atoms with Crippen LogP contribution in [0, 0.1) is 17.3 Å². The largest absolute Gasteiger partial charge is 0.494 e. The zero-order valence-corrected chi connectivity index (χ0v) is 15.6. The number of hydrogen-bond acceptors (Lipinski definition) is 3. The molecular weight excluding hydrogens is 300 g/mol. The van der Waals surface area contributed by atoms with Crippen molar-refractivity contribution < 1.29 is 14.3 Å². The lowest BCUT2D eigenvalue weighted by Gasteiger charge is -2.09. The first-order chi connectivity index (χ1) is 11.4. The normalized spacial score (nSPS) is 21.0. The maximum absolute atomic E-state index is 12.4. The van der Waals surface area contributed by atoms with E-state index < -0.39 is 0 Å². The third-order valence-electron chi connectivity index (χ3n) is 4.72. The molecule has 0 heterocycles. The van der Waals surface area contributed by atoms with Gasteiger partial charge in [-0.1, -0.05) is 51.0 Å². The number of allylic oxidation sites excluding steroid dienone is 2. The number of benzene rings is 1. The van der Waals surface area contributed by atoms with Crippen molar-refractivity contribution in [2.75, 3.05) is 6.61 Å². The maximum atomic E-state index is 12.4. The van der Waals surface area contributed by atoms with Gasteiger partial charge in [-0.15, -0.1) is 0 Å². The number of esters is 1. The predicted octanol–water partition coefficient (Wildman–Crippen LogP) is 5.15. The minimum atomic E-state index is -0.0974. The number of carbonyl (C=O) groups excluding carboxylic acids is 1. The molecule has 3 nitrogen and oxygen atoms in total. The Morgan fingerprint density at radius 3 is 2.71 bits per heavy atom. The second kappa shape index (κ2) is 7.87. The molecule has 2 rings (SSSR count). The maximum Gasteiger partial charge on any atom is 0.310 e. The molecule has 0 aliphatic heterocycles. The van der Waals surface area contributed by atoms with Gasteiger partial charge in [0.05, 0.1) is 12.5 Å². The lowest BCUT2D eigenvalue weighted by Crippen LogP contribution is -2.10. The van der Waals surface area contributed by atoms with Crippen molar-refractivity contribution >= 4 is 5.97 Å². The van der Waals surface area contributed by atoms with Crippen LogP contribution in [0.4, 0.5) is 0 Å². The Bertz CT molecular complexity index is 597. The Morgan fingerprint density at radius 1 is 1.29 bits per heavy atom. The molecule has 2 unspecified atom stereocenters. The fourth-order valence-corrected chi connectivity index (χ4v) is 3.10. The molecule has 24 heavy (non-hydrogen) atoms. The van der Waals surface area contributed by atoms with E-state index in [0.717, 1.165) is 30.8 Å². The van der Waals surface area contributed by atoms with E-state index in [2.05, 4.69) is 40.7 Å². The van der Waals surface area contributed by atoms with E-state index in [1.807, 2.05) is 24.3 Å². The highest BCUT2D eigenvalue weighted by Gasteiger charge is 2.61. The molecule has 0 radical (unpaired) electrons. The standard InChI is InChI=1S/C21H30O3/c1-6-7-11-23-17-10-8-9-16(13-17)14-24-20(22)19-18(12-15(2)3)21(19,4)5/h8-10,12-13,18-19H,6-7,11,14H2,1-5H3. The van der Waals surface area contributed by atoms with Crippen LogP contribution in [0.2, 0.25) is 0 Å². The quantitative estimate of drug-likeness (QED) is 0.376. The van der Waals surface area contributed by atoms with Gasteiger partial charge in [-0.25, -0.2) is 0 Å². The van der Waals surface area contributed by atoms with Crippen LogP contribution in [0.25, 0.3) is 0 Å². The molecule has 1 aliphatic carbocycles. The Kier molecular flexibility index (Phi) is 6.09. The number of carbonyl (C=O) groups is 1. The summed E-state index contributed by atoms with van der Waals surface area (Å²) < 4.78 is 11.3. The Balaban J connectivity index is 1.88. The summed E-state index contributed by atoms with van der Waals surface area (Å²) in [7, 11) is 0. The highest BCUT2D eigenvalue weighted by molar-refractivity contribution is 5.78. The molecule has 0 amide bonds. The van der Waals surface area contributed by atoms with Crippen molar-refractivity contribution in [3.63, 3.8) is 0 Å². The molecule has 1 fully saturated rings. The average Bonchev–Trinajstić information content (AvgIpc) is 3.05. The van der Waals surface area contributed by atoms with Crippen LogP contribution < -0.4 is 4.74 Å². The summed E-state index contributed by atoms with van der Waals surface area (Å²) >= 11 is 0. The summed E-state index contributed by atoms with van der Waals surface area (Å²) in [5, 5.41) is 0. The van der Waals surface area contributed by atoms with Gasteiger partial charge in [0.25, 0.3) is 0 Å². The number of rotatable bonds is 8. The SMILES string of the molecule is CCCCOc1cccc(COC(=O)C2C(C=C(C)C)C2(C)C)c1. The highest BCUT2D eigenvalue weighted by atomic mass is 16.5. The van der Waals surface area contributed by atoms with Crippen LogP contribution in [0.3, 0.4) is 0 Å². The molecule has 0 bridgehead atoms. The lowest BCUT2D eigenvalue weighted by atomic mass is 10.1. The first-order valence-corrected chi connectivity index (χ1v) is 8.89. The van der Waals surface area contributed by atoms with Crippen molar-refractivity contribution in [3.05, 3.63) is 41.5 Å². The van der Waals surface area contributed by atoms with E-state index in [-0.39, 0.29) is 17.3 Å². The minimum absolute atomic E-state index is 0.000531. The zero-order chi connectivity index (χ0) is 17.7. The molecule has 1 aliphatic rings. The predicted molar refractivity (Wildman–Crippen MR) is 96.8 cm³/mol. The van der Waals surface area contributed by atoms with Crippen LogP contribution in [0.1, 0.15) is 53.0 Å². The van der Waals surface area contributed by atoms with E-state index in [9.17, 15) is 4.79 Å². The van der Waals surface area contributed by atoms with Crippen LogP contribution >= 0.6 is 0 Å². The summed E-state index contributed by atoms with van der Waals surface area (Å²) in [5.41, 5.74) is 2.22. The van der Waals surface area contributed by atoms with Gasteiger partial charge < -0.3 is 9.47 Å². The molecule has 1 saturated carbocycles. The van der Waals surface area contributed by atoms with Crippen LogP contribution in [0.5, 0.6) is 5.75 Å². The van der Waals surface area contributed by atoms with Crippen LogP contribution in [-0.4, -0.2) is 12.6 Å². The van der Waals surface area contributed by atoms with Gasteiger partial charge in [-0.05, 0) is 49.3 Å². The fraction of sp³-hybridized carbons (Fsp3) is 0.571. The number of unbranched alkanes of at least 4 members (excludes halogenated alkanes) is 1. The topological polar surface area (TPSA) is 35.5 Å². The van der Waals surface area contributed by atoms with Gasteiger partial charge in [-0.3, -0.25) is 4.79 Å². The molecule has 132 valence electrons. The summed E-state index contributed by atoms with van der Waals surface area (Å²) in [6, 6.07) is 7.80. The summed E-state index contributed by atoms with van der Waals surface area (Å²) in [4.78, 5) is 12.4. The van der Waals surface area contributed by atoms with Crippen molar-refractivity contribution in [3.8, 4) is 5.75 Å². The molecule has 0 saturated heterocycles. The van der Waals surface area contributed by atoms with Crippen LogP contribution in [0.15, 0.2) is 35.9 Å². The van der Waals surface area contributed by atoms with Crippen LogP contribution in [-0.2, 0) is 16.1 Å². The summed E-state index contributed by atoms with van der Waals surface area (Å²) in [6.07, 6.45) is 4.34. The molecule has 2 atom stereocenters. The van der Waals surface area contributed by atoms with E-state index in [1.165, 1.54) is 5.57 Å². The van der Waals surface area contributed by atoms with E-state index in [4.69, 9.17) is 9.47 Å². The first kappa shape index (κ1) is 18.6. The Morgan fingerprint density at radius 2 is 2.04 bits per heavy atom. The Labute approximate surface area is 146 Å². The molecule has 0 aromatic heterocycles. The first-order valence-electron chi connectivity index (χ1n) is 8.89. The van der Waals surface area contributed by atoms with E-state index >= 15 is 0 Å². The van der Waals surface area contributed by atoms with Gasteiger partial charge in [-0.2, -0.15) is 0 Å². The average molecular weight is 330 g/mol. The van der Waals surface area contributed by atoms with Gasteiger partial charge in [0.15, 0.2) is 0 Å². The molecule has 3 heteroatoms. The summed E-state index contributed by atoms with van der Waals surface area (Å²) in [6.45, 7) is 11.6. The fourth-order valence-electron chi connectivity index (χ4n) is 3.10. The van der Waals surface area contributed by atoms with Crippen molar-refractivity contribution in [1.82, 2.24) is 0 Å². The molecule has 1 aromatic carbocycles. The number of ether oxygens (including phenoxy) is 2. The minimum Gasteiger partial charge on any atom is -0.494 e. The summed E-state index contributed by atoms with van der Waals surface area (Å²) in [5.74, 6) is 1.00. The number of hydrogen-bond donors (Lipinski definition) is 0. The van der Waals surface area contributed by atoms with Gasteiger partial charge in [0.2, 0.25) is 0 Å². The van der Waals surface area contributed by atoms with E-state index in [0.29, 0.717) is 12.5 Å². The Hall–Kier alpha value is -1.77.